The van der Waals surface area contributed by atoms with Crippen molar-refractivity contribution in [3.8, 4) is 16.0 Å². The van der Waals surface area contributed by atoms with E-state index >= 15 is 0 Å². The van der Waals surface area contributed by atoms with Gasteiger partial charge in [0.25, 0.3) is 0 Å². The van der Waals surface area contributed by atoms with E-state index in [9.17, 15) is 10.1 Å². The lowest BCUT2D eigenvalue weighted by molar-refractivity contribution is 0.101. The van der Waals surface area contributed by atoms with Crippen molar-refractivity contribution in [2.24, 2.45) is 0 Å². The van der Waals surface area contributed by atoms with Crippen LogP contribution < -0.4 is 5.32 Å². The van der Waals surface area contributed by atoms with E-state index in [4.69, 9.17) is 4.42 Å². The smallest absolute Gasteiger partial charge is 0.218 e. The largest absolute Gasteiger partial charge is 0.443 e. The Kier molecular flexibility index (Phi) is 3.75. The van der Waals surface area contributed by atoms with Gasteiger partial charge in [0, 0.05) is 0 Å². The number of carbonyl (C=O) groups excluding carboxylic acids is 1. The van der Waals surface area contributed by atoms with E-state index < -0.39 is 0 Å². The molecule has 0 radical (unpaired) electrons. The zero-order valence-electron chi connectivity index (χ0n) is 11.7. The van der Waals surface area contributed by atoms with Crippen molar-refractivity contribution in [2.45, 2.75) is 13.8 Å². The van der Waals surface area contributed by atoms with Gasteiger partial charge in [0.05, 0.1) is 10.4 Å². The molecule has 0 saturated heterocycles. The lowest BCUT2D eigenvalue weighted by Gasteiger charge is -1.96. The molecule has 3 heterocycles. The molecule has 1 N–H and O–H groups in total. The van der Waals surface area contributed by atoms with E-state index in [0.29, 0.717) is 16.5 Å². The number of aromatic nitrogens is 2. The lowest BCUT2D eigenvalue weighted by atomic mass is 10.1. The maximum absolute atomic E-state index is 11.6. The van der Waals surface area contributed by atoms with Crippen molar-refractivity contribution < 1.29 is 9.21 Å². The molecule has 22 heavy (non-hydrogen) atoms. The van der Waals surface area contributed by atoms with Crippen LogP contribution in [0, 0.1) is 18.3 Å². The molecule has 0 spiro atoms. The average molecular weight is 330 g/mol. The Morgan fingerprint density at radius 3 is 2.91 bits per heavy atom. The molecule has 0 unspecified atom stereocenters. The van der Waals surface area contributed by atoms with Gasteiger partial charge in [-0.15, -0.1) is 21.5 Å². The topological polar surface area (TPSA) is 91.8 Å². The summed E-state index contributed by atoms with van der Waals surface area (Å²) in [7, 11) is 0. The van der Waals surface area contributed by atoms with E-state index in [1.165, 1.54) is 18.3 Å². The zero-order valence-corrected chi connectivity index (χ0v) is 13.3. The highest BCUT2D eigenvalue weighted by Gasteiger charge is 2.22. The van der Waals surface area contributed by atoms with Gasteiger partial charge in [-0.3, -0.25) is 10.1 Å². The standard InChI is InChI=1S/C14H10N4O2S2/c1-7(19)11-8(2)20-12(9(11)6-15)16-14-18-17-13(22-14)10-4-3-5-21-10/h3-5H,1-2H3,(H,16,18). The second-order valence-corrected chi connectivity index (χ2v) is 6.35. The Bertz CT molecular complexity index is 871. The predicted octanol–water partition coefficient (Wildman–Crippen LogP) is 3.99. The molecule has 0 fully saturated rings. The minimum atomic E-state index is -0.206. The molecule has 110 valence electrons. The Morgan fingerprint density at radius 2 is 2.27 bits per heavy atom. The number of Topliss-reactive ketones (excluding diaryl/α,β-unsaturated/α-hetero) is 1. The second-order valence-electron chi connectivity index (χ2n) is 4.42. The van der Waals surface area contributed by atoms with E-state index in [1.807, 2.05) is 23.6 Å². The van der Waals surface area contributed by atoms with Gasteiger partial charge in [0.1, 0.15) is 17.4 Å². The van der Waals surface area contributed by atoms with Crippen LogP contribution in [0.1, 0.15) is 28.6 Å². The van der Waals surface area contributed by atoms with Crippen molar-refractivity contribution in [1.29, 1.82) is 5.26 Å². The van der Waals surface area contributed by atoms with Gasteiger partial charge in [-0.25, -0.2) is 0 Å². The summed E-state index contributed by atoms with van der Waals surface area (Å²) < 4.78 is 5.49. The first-order chi connectivity index (χ1) is 10.6. The highest BCUT2D eigenvalue weighted by Crippen LogP contribution is 2.34. The fraction of sp³-hybridized carbons (Fsp3) is 0.143. The summed E-state index contributed by atoms with van der Waals surface area (Å²) in [5.74, 6) is 0.427. The number of anilines is 2. The molecule has 0 aliphatic heterocycles. The number of ketones is 1. The first-order valence-corrected chi connectivity index (χ1v) is 7.98. The number of furan rings is 1. The second kappa shape index (κ2) is 5.71. The number of hydrogen-bond donors (Lipinski definition) is 1. The third kappa shape index (κ3) is 2.52. The summed E-state index contributed by atoms with van der Waals surface area (Å²) in [6, 6.07) is 5.90. The molecule has 6 nitrogen and oxygen atoms in total. The van der Waals surface area contributed by atoms with E-state index in [2.05, 4.69) is 15.5 Å². The molecule has 3 aromatic rings. The highest BCUT2D eigenvalue weighted by atomic mass is 32.1. The van der Waals surface area contributed by atoms with Crippen molar-refractivity contribution >= 4 is 39.5 Å². The Labute approximate surface area is 134 Å². The maximum Gasteiger partial charge on any atom is 0.218 e. The monoisotopic (exact) mass is 330 g/mol. The minimum Gasteiger partial charge on any atom is -0.443 e. The molecule has 0 atom stereocenters. The number of rotatable bonds is 4. The molecule has 0 aromatic carbocycles. The highest BCUT2D eigenvalue weighted by molar-refractivity contribution is 7.22. The number of aryl methyl sites for hydroxylation is 1. The SMILES string of the molecule is CC(=O)c1c(C)oc(Nc2nnc(-c3cccs3)s2)c1C#N. The number of nitrogens with one attached hydrogen (secondary N) is 1. The number of carbonyl (C=O) groups is 1. The van der Waals surface area contributed by atoms with Crippen LogP contribution in [0.25, 0.3) is 9.88 Å². The molecule has 3 rings (SSSR count). The van der Waals surface area contributed by atoms with Gasteiger partial charge < -0.3 is 4.42 Å². The number of nitriles is 1. The van der Waals surface area contributed by atoms with Crippen LogP contribution in [0.4, 0.5) is 11.0 Å². The zero-order chi connectivity index (χ0) is 15.7. The van der Waals surface area contributed by atoms with Crippen molar-refractivity contribution in [2.75, 3.05) is 5.32 Å². The summed E-state index contributed by atoms with van der Waals surface area (Å²) in [5.41, 5.74) is 0.492. The van der Waals surface area contributed by atoms with Gasteiger partial charge in [-0.1, -0.05) is 17.4 Å². The van der Waals surface area contributed by atoms with Crippen molar-refractivity contribution in [3.63, 3.8) is 0 Å². The molecule has 0 amide bonds. The molecular weight excluding hydrogens is 320 g/mol. The Hall–Kier alpha value is -2.50. The van der Waals surface area contributed by atoms with Crippen LogP contribution in [0.15, 0.2) is 21.9 Å². The van der Waals surface area contributed by atoms with Gasteiger partial charge in [-0.2, -0.15) is 5.26 Å². The first-order valence-electron chi connectivity index (χ1n) is 6.29. The van der Waals surface area contributed by atoms with Crippen molar-refractivity contribution in [1.82, 2.24) is 10.2 Å². The number of hydrogen-bond acceptors (Lipinski definition) is 8. The fourth-order valence-corrected chi connectivity index (χ4v) is 3.56. The van der Waals surface area contributed by atoms with Crippen LogP contribution >= 0.6 is 22.7 Å². The predicted molar refractivity (Wildman–Crippen MR) is 84.7 cm³/mol. The van der Waals surface area contributed by atoms with Crippen LogP contribution in [0.5, 0.6) is 0 Å². The summed E-state index contributed by atoms with van der Waals surface area (Å²) in [5, 5.41) is 23.6. The maximum atomic E-state index is 11.6. The normalized spacial score (nSPS) is 10.4. The molecule has 0 bridgehead atoms. The first kappa shape index (κ1) is 14.4. The minimum absolute atomic E-state index is 0.192. The molecular formula is C14H10N4O2S2. The fourth-order valence-electron chi connectivity index (χ4n) is 2.03. The molecule has 0 aliphatic carbocycles. The van der Waals surface area contributed by atoms with Crippen LogP contribution in [0.2, 0.25) is 0 Å². The average Bonchev–Trinajstić information content (AvgIpc) is 3.17. The summed E-state index contributed by atoms with van der Waals surface area (Å²) >= 11 is 2.92. The summed E-state index contributed by atoms with van der Waals surface area (Å²) in [4.78, 5) is 12.6. The quantitative estimate of drug-likeness (QED) is 0.727. The van der Waals surface area contributed by atoms with Gasteiger partial charge in [0.2, 0.25) is 11.0 Å². The summed E-state index contributed by atoms with van der Waals surface area (Å²) in [6.45, 7) is 3.06. The molecule has 3 aromatic heterocycles. The Balaban J connectivity index is 1.93. The van der Waals surface area contributed by atoms with Crippen LogP contribution in [0.3, 0.4) is 0 Å². The van der Waals surface area contributed by atoms with E-state index in [-0.39, 0.29) is 17.2 Å². The summed E-state index contributed by atoms with van der Waals surface area (Å²) in [6.07, 6.45) is 0. The molecule has 0 aliphatic rings. The third-order valence-electron chi connectivity index (χ3n) is 2.93. The lowest BCUT2D eigenvalue weighted by Crippen LogP contribution is -1.97. The molecule has 0 saturated carbocycles. The third-order valence-corrected chi connectivity index (χ3v) is 4.80. The van der Waals surface area contributed by atoms with E-state index in [1.54, 1.807) is 18.3 Å². The van der Waals surface area contributed by atoms with Gasteiger partial charge >= 0.3 is 0 Å². The van der Waals surface area contributed by atoms with Crippen molar-refractivity contribution in [3.05, 3.63) is 34.4 Å². The Morgan fingerprint density at radius 1 is 1.45 bits per heavy atom. The van der Waals surface area contributed by atoms with E-state index in [0.717, 1.165) is 9.88 Å². The number of nitrogens with zero attached hydrogens (tertiary/aromatic N) is 3. The van der Waals surface area contributed by atoms with Gasteiger partial charge in [-0.05, 0) is 25.3 Å². The van der Waals surface area contributed by atoms with Gasteiger partial charge in [0.15, 0.2) is 10.8 Å². The van der Waals surface area contributed by atoms with Crippen LogP contribution in [-0.2, 0) is 0 Å². The van der Waals surface area contributed by atoms with Crippen LogP contribution in [-0.4, -0.2) is 16.0 Å². The number of thiophene rings is 1. The molecule has 8 heteroatoms.